The second-order valence-corrected chi connectivity index (χ2v) is 6.13. The first-order valence-corrected chi connectivity index (χ1v) is 7.92. The second-order valence-electron chi connectivity index (χ2n) is 4.24. The van der Waals surface area contributed by atoms with Gasteiger partial charge in [0.25, 0.3) is 5.89 Å². The molecule has 3 rings (SSSR count). The summed E-state index contributed by atoms with van der Waals surface area (Å²) in [6.07, 6.45) is 0. The molecule has 0 aliphatic heterocycles. The van der Waals surface area contributed by atoms with Crippen molar-refractivity contribution >= 4 is 35.0 Å². The fraction of sp³-hybridized carbons (Fsp3) is 0.0667. The van der Waals surface area contributed by atoms with Gasteiger partial charge in [0.2, 0.25) is 0 Å². The van der Waals surface area contributed by atoms with E-state index >= 15 is 0 Å². The van der Waals surface area contributed by atoms with Gasteiger partial charge in [0.15, 0.2) is 5.82 Å². The highest BCUT2D eigenvalue weighted by Gasteiger charge is 2.11. The Labute approximate surface area is 136 Å². The first kappa shape index (κ1) is 14.4. The maximum absolute atomic E-state index is 6.11. The van der Waals surface area contributed by atoms with Crippen LogP contribution >= 0.6 is 35.0 Å². The lowest BCUT2D eigenvalue weighted by Crippen LogP contribution is -1.84. The SMILES string of the molecule is Clc1ccc(SCc2noc(-c3ccccc3Cl)n2)cc1. The average Bonchev–Trinajstić information content (AvgIpc) is 2.96. The maximum atomic E-state index is 6.11. The van der Waals surface area contributed by atoms with Crippen molar-refractivity contribution in [1.82, 2.24) is 10.1 Å². The van der Waals surface area contributed by atoms with Gasteiger partial charge in [-0.1, -0.05) is 40.5 Å². The van der Waals surface area contributed by atoms with Crippen LogP contribution in [-0.2, 0) is 5.75 Å². The summed E-state index contributed by atoms with van der Waals surface area (Å²) in [5.41, 5.74) is 0.745. The molecule has 6 heteroatoms. The zero-order valence-corrected chi connectivity index (χ0v) is 13.1. The van der Waals surface area contributed by atoms with Crippen LogP contribution in [0.25, 0.3) is 11.5 Å². The zero-order valence-electron chi connectivity index (χ0n) is 10.8. The minimum absolute atomic E-state index is 0.437. The van der Waals surface area contributed by atoms with Gasteiger partial charge >= 0.3 is 0 Å². The highest BCUT2D eigenvalue weighted by Crippen LogP contribution is 2.28. The molecule has 0 saturated carbocycles. The topological polar surface area (TPSA) is 38.9 Å². The number of rotatable bonds is 4. The van der Waals surface area contributed by atoms with Crippen LogP contribution in [-0.4, -0.2) is 10.1 Å². The van der Waals surface area contributed by atoms with Crippen LogP contribution in [0.3, 0.4) is 0 Å². The Balaban J connectivity index is 1.71. The van der Waals surface area contributed by atoms with Gasteiger partial charge in [0, 0.05) is 9.92 Å². The molecule has 1 heterocycles. The van der Waals surface area contributed by atoms with Crippen molar-refractivity contribution in [3.8, 4) is 11.5 Å². The minimum Gasteiger partial charge on any atom is -0.334 e. The highest BCUT2D eigenvalue weighted by molar-refractivity contribution is 7.98. The standard InChI is InChI=1S/C15H10Cl2N2OS/c16-10-5-7-11(8-6-10)21-9-14-18-15(20-19-14)12-3-1-2-4-13(12)17/h1-8H,9H2. The summed E-state index contributed by atoms with van der Waals surface area (Å²) in [5.74, 6) is 1.69. The molecule has 0 saturated heterocycles. The van der Waals surface area contributed by atoms with E-state index in [0.717, 1.165) is 15.5 Å². The van der Waals surface area contributed by atoms with Gasteiger partial charge in [0.05, 0.1) is 16.3 Å². The predicted molar refractivity (Wildman–Crippen MR) is 85.8 cm³/mol. The molecule has 0 aliphatic rings. The minimum atomic E-state index is 0.437. The number of nitrogens with zero attached hydrogens (tertiary/aromatic N) is 2. The zero-order chi connectivity index (χ0) is 14.7. The van der Waals surface area contributed by atoms with Crippen molar-refractivity contribution in [2.75, 3.05) is 0 Å². The van der Waals surface area contributed by atoms with Gasteiger partial charge < -0.3 is 4.52 Å². The molecule has 3 aromatic rings. The Kier molecular flexibility index (Phi) is 4.48. The lowest BCUT2D eigenvalue weighted by Gasteiger charge is -1.98. The molecule has 106 valence electrons. The lowest BCUT2D eigenvalue weighted by atomic mass is 10.2. The van der Waals surface area contributed by atoms with Crippen LogP contribution in [0.5, 0.6) is 0 Å². The van der Waals surface area contributed by atoms with Gasteiger partial charge in [-0.25, -0.2) is 0 Å². The molecular formula is C15H10Cl2N2OS. The van der Waals surface area contributed by atoms with Crippen LogP contribution in [0.4, 0.5) is 0 Å². The Hall–Kier alpha value is -1.49. The first-order chi connectivity index (χ1) is 10.2. The molecule has 1 aromatic heterocycles. The summed E-state index contributed by atoms with van der Waals surface area (Å²) in [6.45, 7) is 0. The number of halogens is 2. The lowest BCUT2D eigenvalue weighted by molar-refractivity contribution is 0.425. The molecule has 0 N–H and O–H groups in total. The van der Waals surface area contributed by atoms with Crippen LogP contribution in [0.2, 0.25) is 10.0 Å². The van der Waals surface area contributed by atoms with Gasteiger partial charge in [0.1, 0.15) is 0 Å². The normalized spacial score (nSPS) is 10.8. The van der Waals surface area contributed by atoms with Crippen LogP contribution < -0.4 is 0 Å². The molecule has 0 atom stereocenters. The van der Waals surface area contributed by atoms with Crippen molar-refractivity contribution in [2.24, 2.45) is 0 Å². The molecule has 2 aromatic carbocycles. The van der Waals surface area contributed by atoms with E-state index in [1.54, 1.807) is 17.8 Å². The first-order valence-electron chi connectivity index (χ1n) is 6.18. The molecule has 21 heavy (non-hydrogen) atoms. The van der Waals surface area contributed by atoms with Gasteiger partial charge in [-0.05, 0) is 36.4 Å². The van der Waals surface area contributed by atoms with Crippen LogP contribution in [0.1, 0.15) is 5.82 Å². The Morgan fingerprint density at radius 3 is 2.52 bits per heavy atom. The summed E-state index contributed by atoms with van der Waals surface area (Å²) >= 11 is 13.6. The van der Waals surface area contributed by atoms with E-state index in [1.165, 1.54) is 0 Å². The molecule has 0 spiro atoms. The van der Waals surface area contributed by atoms with E-state index in [9.17, 15) is 0 Å². The third kappa shape index (κ3) is 3.59. The molecular weight excluding hydrogens is 327 g/mol. The molecule has 0 unspecified atom stereocenters. The highest BCUT2D eigenvalue weighted by atomic mass is 35.5. The van der Waals surface area contributed by atoms with E-state index in [0.29, 0.717) is 22.5 Å². The molecule has 0 amide bonds. The fourth-order valence-corrected chi connectivity index (χ4v) is 2.82. The summed E-state index contributed by atoms with van der Waals surface area (Å²) in [7, 11) is 0. The summed E-state index contributed by atoms with van der Waals surface area (Å²) < 4.78 is 5.26. The monoisotopic (exact) mass is 336 g/mol. The van der Waals surface area contributed by atoms with Crippen LogP contribution in [0.15, 0.2) is 57.9 Å². The number of thioether (sulfide) groups is 1. The summed E-state index contributed by atoms with van der Waals surface area (Å²) in [6, 6.07) is 15.0. The predicted octanol–water partition coefficient (Wildman–Crippen LogP) is 5.34. The second kappa shape index (κ2) is 6.52. The maximum Gasteiger partial charge on any atom is 0.259 e. The fourth-order valence-electron chi connectivity index (χ4n) is 1.74. The van der Waals surface area contributed by atoms with Crippen molar-refractivity contribution in [1.29, 1.82) is 0 Å². The Morgan fingerprint density at radius 1 is 1.00 bits per heavy atom. The quantitative estimate of drug-likeness (QED) is 0.603. The van der Waals surface area contributed by atoms with Crippen molar-refractivity contribution in [3.05, 3.63) is 64.4 Å². The third-order valence-electron chi connectivity index (χ3n) is 2.75. The van der Waals surface area contributed by atoms with E-state index in [2.05, 4.69) is 10.1 Å². The molecule has 0 radical (unpaired) electrons. The van der Waals surface area contributed by atoms with Crippen molar-refractivity contribution < 1.29 is 4.52 Å². The smallest absolute Gasteiger partial charge is 0.259 e. The Morgan fingerprint density at radius 2 is 1.76 bits per heavy atom. The van der Waals surface area contributed by atoms with Gasteiger partial charge in [-0.2, -0.15) is 4.98 Å². The van der Waals surface area contributed by atoms with E-state index in [4.69, 9.17) is 27.7 Å². The molecule has 0 bridgehead atoms. The van der Waals surface area contributed by atoms with Gasteiger partial charge in [-0.3, -0.25) is 0 Å². The largest absolute Gasteiger partial charge is 0.334 e. The van der Waals surface area contributed by atoms with Crippen molar-refractivity contribution in [2.45, 2.75) is 10.6 Å². The van der Waals surface area contributed by atoms with Crippen LogP contribution in [0, 0.1) is 0 Å². The van der Waals surface area contributed by atoms with E-state index < -0.39 is 0 Å². The molecule has 0 aliphatic carbocycles. The number of hydrogen-bond acceptors (Lipinski definition) is 4. The molecule has 3 nitrogen and oxygen atoms in total. The van der Waals surface area contributed by atoms with E-state index in [-0.39, 0.29) is 0 Å². The number of hydrogen-bond donors (Lipinski definition) is 0. The summed E-state index contributed by atoms with van der Waals surface area (Å²) in [4.78, 5) is 5.47. The van der Waals surface area contributed by atoms with Crippen molar-refractivity contribution in [3.63, 3.8) is 0 Å². The Bertz CT molecular complexity index is 743. The van der Waals surface area contributed by atoms with Gasteiger partial charge in [-0.15, -0.1) is 11.8 Å². The number of aromatic nitrogens is 2. The van der Waals surface area contributed by atoms with E-state index in [1.807, 2.05) is 42.5 Å². The average molecular weight is 337 g/mol. The summed E-state index contributed by atoms with van der Waals surface area (Å²) in [5, 5.41) is 5.29. The molecule has 0 fully saturated rings. The third-order valence-corrected chi connectivity index (χ3v) is 4.34. The number of benzene rings is 2.